The summed E-state index contributed by atoms with van der Waals surface area (Å²) in [4.78, 5) is 28.9. The molecule has 0 spiro atoms. The van der Waals surface area contributed by atoms with Gasteiger partial charge in [0, 0.05) is 12.7 Å². The Morgan fingerprint density at radius 1 is 1.35 bits per heavy atom. The third kappa shape index (κ3) is 3.72. The van der Waals surface area contributed by atoms with E-state index in [1.165, 1.54) is 22.4 Å². The monoisotopic (exact) mass is 384 g/mol. The van der Waals surface area contributed by atoms with Gasteiger partial charge in [-0.2, -0.15) is 5.26 Å². The molecule has 1 heterocycles. The van der Waals surface area contributed by atoms with Crippen molar-refractivity contribution in [2.45, 2.75) is 5.16 Å². The lowest BCUT2D eigenvalue weighted by molar-refractivity contribution is -0.113. The number of hydrogen-bond donors (Lipinski definition) is 1. The van der Waals surface area contributed by atoms with Crippen molar-refractivity contribution in [3.8, 4) is 6.07 Å². The number of nitrogens with zero attached hydrogens (tertiary/aromatic N) is 3. The van der Waals surface area contributed by atoms with Crippen molar-refractivity contribution in [2.75, 3.05) is 11.1 Å². The van der Waals surface area contributed by atoms with Gasteiger partial charge in [-0.25, -0.2) is 4.98 Å². The fourth-order valence-corrected chi connectivity index (χ4v) is 3.33. The van der Waals surface area contributed by atoms with Crippen molar-refractivity contribution < 1.29 is 4.79 Å². The zero-order valence-electron chi connectivity index (χ0n) is 13.7. The van der Waals surface area contributed by atoms with Crippen LogP contribution in [0.3, 0.4) is 0 Å². The van der Waals surface area contributed by atoms with Crippen LogP contribution in [0.2, 0.25) is 5.02 Å². The van der Waals surface area contributed by atoms with E-state index in [9.17, 15) is 9.59 Å². The zero-order chi connectivity index (χ0) is 18.7. The average molecular weight is 385 g/mol. The number of rotatable bonds is 4. The molecule has 0 aliphatic rings. The van der Waals surface area contributed by atoms with E-state index in [0.29, 0.717) is 27.3 Å². The lowest BCUT2D eigenvalue weighted by Gasteiger charge is -2.09. The van der Waals surface area contributed by atoms with Crippen LogP contribution in [0.5, 0.6) is 0 Å². The Kier molecular flexibility index (Phi) is 5.26. The maximum absolute atomic E-state index is 12.4. The second-order valence-electron chi connectivity index (χ2n) is 5.42. The van der Waals surface area contributed by atoms with E-state index in [2.05, 4.69) is 10.3 Å². The smallest absolute Gasteiger partial charge is 0.261 e. The predicted octanol–water partition coefficient (Wildman–Crippen LogP) is 3.19. The van der Waals surface area contributed by atoms with Gasteiger partial charge < -0.3 is 5.32 Å². The molecule has 3 rings (SSSR count). The number of carbonyl (C=O) groups is 1. The van der Waals surface area contributed by atoms with Crippen LogP contribution >= 0.6 is 23.4 Å². The summed E-state index contributed by atoms with van der Waals surface area (Å²) < 4.78 is 1.43. The predicted molar refractivity (Wildman–Crippen MR) is 103 cm³/mol. The molecule has 1 N–H and O–H groups in total. The normalized spacial score (nSPS) is 10.5. The second-order valence-corrected chi connectivity index (χ2v) is 6.77. The quantitative estimate of drug-likeness (QED) is 0.551. The summed E-state index contributed by atoms with van der Waals surface area (Å²) in [6, 6.07) is 13.7. The van der Waals surface area contributed by atoms with Gasteiger partial charge in [0.2, 0.25) is 5.91 Å². The first-order valence-corrected chi connectivity index (χ1v) is 8.94. The van der Waals surface area contributed by atoms with Gasteiger partial charge in [-0.3, -0.25) is 14.2 Å². The molecule has 2 aromatic carbocycles. The van der Waals surface area contributed by atoms with E-state index in [1.54, 1.807) is 37.4 Å². The van der Waals surface area contributed by atoms with E-state index in [1.807, 2.05) is 12.1 Å². The van der Waals surface area contributed by atoms with Gasteiger partial charge in [-0.15, -0.1) is 0 Å². The highest BCUT2D eigenvalue weighted by atomic mass is 35.5. The number of amides is 1. The minimum atomic E-state index is -0.266. The summed E-state index contributed by atoms with van der Waals surface area (Å²) in [5.41, 5.74) is 1.28. The van der Waals surface area contributed by atoms with Crippen molar-refractivity contribution in [2.24, 2.45) is 7.05 Å². The molecule has 1 aromatic heterocycles. The molecule has 0 bridgehead atoms. The molecule has 26 heavy (non-hydrogen) atoms. The molecular formula is C18H13ClN4O2S. The second kappa shape index (κ2) is 7.60. The zero-order valence-corrected chi connectivity index (χ0v) is 15.3. The van der Waals surface area contributed by atoms with E-state index >= 15 is 0 Å². The number of nitriles is 1. The summed E-state index contributed by atoms with van der Waals surface area (Å²) in [5, 5.41) is 12.8. The summed E-state index contributed by atoms with van der Waals surface area (Å²) in [5.74, 6) is -0.186. The minimum Gasteiger partial charge on any atom is -0.325 e. The molecule has 1 amide bonds. The van der Waals surface area contributed by atoms with Crippen molar-refractivity contribution >= 4 is 45.9 Å². The number of hydrogen-bond acceptors (Lipinski definition) is 5. The molecule has 0 aliphatic carbocycles. The molecular weight excluding hydrogens is 372 g/mol. The molecule has 0 fully saturated rings. The van der Waals surface area contributed by atoms with Gasteiger partial charge in [0.15, 0.2) is 5.16 Å². The largest absolute Gasteiger partial charge is 0.325 e. The van der Waals surface area contributed by atoms with E-state index in [4.69, 9.17) is 16.9 Å². The highest BCUT2D eigenvalue weighted by molar-refractivity contribution is 7.99. The Bertz CT molecular complexity index is 1100. The number of fused-ring (bicyclic) bond motifs is 1. The summed E-state index contributed by atoms with van der Waals surface area (Å²) in [7, 11) is 1.63. The fourth-order valence-electron chi connectivity index (χ4n) is 2.34. The number of carbonyl (C=O) groups excluding carboxylic acids is 1. The third-order valence-electron chi connectivity index (χ3n) is 3.65. The van der Waals surface area contributed by atoms with E-state index < -0.39 is 0 Å². The first-order chi connectivity index (χ1) is 12.5. The number of benzene rings is 2. The fraction of sp³-hybridized carbons (Fsp3) is 0.111. The van der Waals surface area contributed by atoms with Crippen LogP contribution < -0.4 is 10.9 Å². The highest BCUT2D eigenvalue weighted by Gasteiger charge is 2.11. The number of thioether (sulfide) groups is 1. The van der Waals surface area contributed by atoms with Crippen LogP contribution in [-0.2, 0) is 11.8 Å². The van der Waals surface area contributed by atoms with Crippen LogP contribution in [0.15, 0.2) is 52.4 Å². The van der Waals surface area contributed by atoms with Crippen molar-refractivity contribution in [1.82, 2.24) is 9.55 Å². The minimum absolute atomic E-state index is 0.0796. The Labute approximate surface area is 158 Å². The van der Waals surface area contributed by atoms with Crippen LogP contribution in [0.1, 0.15) is 5.56 Å². The van der Waals surface area contributed by atoms with E-state index in [-0.39, 0.29) is 22.2 Å². The summed E-state index contributed by atoms with van der Waals surface area (Å²) >= 11 is 7.12. The highest BCUT2D eigenvalue weighted by Crippen LogP contribution is 2.21. The van der Waals surface area contributed by atoms with Crippen LogP contribution in [0.25, 0.3) is 10.9 Å². The molecule has 8 heteroatoms. The summed E-state index contributed by atoms with van der Waals surface area (Å²) in [6.07, 6.45) is 0. The SMILES string of the molecule is Cn1c(SCC(=O)Nc2ccc(C#N)c(Cl)c2)nc2ccccc2c1=O. The maximum atomic E-state index is 12.4. The van der Waals surface area contributed by atoms with Crippen molar-refractivity contribution in [3.05, 3.63) is 63.4 Å². The molecule has 0 saturated carbocycles. The van der Waals surface area contributed by atoms with Crippen LogP contribution in [-0.4, -0.2) is 21.2 Å². The number of para-hydroxylation sites is 1. The molecule has 0 saturated heterocycles. The number of aromatic nitrogens is 2. The lowest BCUT2D eigenvalue weighted by atomic mass is 10.2. The molecule has 0 unspecified atom stereocenters. The first kappa shape index (κ1) is 18.0. The Balaban J connectivity index is 1.73. The maximum Gasteiger partial charge on any atom is 0.261 e. The Hall–Kier alpha value is -2.82. The van der Waals surface area contributed by atoms with Gasteiger partial charge in [0.1, 0.15) is 6.07 Å². The molecule has 3 aromatic rings. The van der Waals surface area contributed by atoms with Crippen LogP contribution in [0.4, 0.5) is 5.69 Å². The average Bonchev–Trinajstić information content (AvgIpc) is 2.64. The Morgan fingerprint density at radius 2 is 2.12 bits per heavy atom. The van der Waals surface area contributed by atoms with E-state index in [0.717, 1.165) is 0 Å². The number of nitrogens with one attached hydrogen (secondary N) is 1. The van der Waals surface area contributed by atoms with Crippen molar-refractivity contribution in [1.29, 1.82) is 5.26 Å². The lowest BCUT2D eigenvalue weighted by Crippen LogP contribution is -2.21. The van der Waals surface area contributed by atoms with Gasteiger partial charge in [0.05, 0.1) is 27.2 Å². The van der Waals surface area contributed by atoms with Crippen LogP contribution in [0, 0.1) is 11.3 Å². The standard InChI is InChI=1S/C18H13ClN4O2S/c1-23-17(25)13-4-2-3-5-15(13)22-18(23)26-10-16(24)21-12-7-6-11(9-20)14(19)8-12/h2-8H,10H2,1H3,(H,21,24). The van der Waals surface area contributed by atoms with Gasteiger partial charge in [0.25, 0.3) is 5.56 Å². The Morgan fingerprint density at radius 3 is 2.85 bits per heavy atom. The van der Waals surface area contributed by atoms with Gasteiger partial charge >= 0.3 is 0 Å². The van der Waals surface area contributed by atoms with Crippen molar-refractivity contribution in [3.63, 3.8) is 0 Å². The summed E-state index contributed by atoms with van der Waals surface area (Å²) in [6.45, 7) is 0. The topological polar surface area (TPSA) is 87.8 Å². The molecule has 0 atom stereocenters. The molecule has 0 aliphatic heterocycles. The number of anilines is 1. The molecule has 6 nitrogen and oxygen atoms in total. The van der Waals surface area contributed by atoms with Gasteiger partial charge in [-0.05, 0) is 30.3 Å². The van der Waals surface area contributed by atoms with Gasteiger partial charge in [-0.1, -0.05) is 35.5 Å². The number of halogens is 1. The first-order valence-electron chi connectivity index (χ1n) is 7.57. The third-order valence-corrected chi connectivity index (χ3v) is 4.99. The molecule has 130 valence electrons. The molecule has 0 radical (unpaired) electrons.